The molecule has 1 N–H and O–H groups in total. The Balaban J connectivity index is 1.90. The van der Waals surface area contributed by atoms with Crippen molar-refractivity contribution in [2.24, 2.45) is 5.92 Å². The number of hydrazine groups is 1. The van der Waals surface area contributed by atoms with Gasteiger partial charge in [-0.2, -0.15) is 15.2 Å². The van der Waals surface area contributed by atoms with Gasteiger partial charge in [0.15, 0.2) is 5.69 Å². The van der Waals surface area contributed by atoms with Crippen molar-refractivity contribution in [3.63, 3.8) is 0 Å². The van der Waals surface area contributed by atoms with Crippen molar-refractivity contribution in [1.29, 1.82) is 5.26 Å². The standard InChI is InChI=1S/C19H21BN8O/c1-12(2)11-27(18-15(20)10-22-16(9-21)23-18)26-19(29)17-13(3)24-28(25-17)14-7-5-4-6-8-14/h4-8,10,12H,11,20H2,1-3H3,(H,26,29). The lowest BCUT2D eigenvalue weighted by molar-refractivity contribution is 0.0941. The van der Waals surface area contributed by atoms with Gasteiger partial charge in [0.05, 0.1) is 11.4 Å². The van der Waals surface area contributed by atoms with Crippen molar-refractivity contribution < 1.29 is 4.79 Å². The van der Waals surface area contributed by atoms with Crippen LogP contribution in [0.4, 0.5) is 5.82 Å². The first-order valence-electron chi connectivity index (χ1n) is 9.20. The number of hydrogen-bond acceptors (Lipinski definition) is 7. The molecular weight excluding hydrogens is 367 g/mol. The zero-order valence-corrected chi connectivity index (χ0v) is 16.8. The molecule has 0 aliphatic heterocycles. The SMILES string of the molecule is Bc1cnc(C#N)nc1N(CC(C)C)NC(=O)c1nn(-c2ccccc2)nc1C. The predicted octanol–water partition coefficient (Wildman–Crippen LogP) is 0.303. The first-order chi connectivity index (χ1) is 13.9. The van der Waals surface area contributed by atoms with Crippen LogP contribution in [0.1, 0.15) is 35.9 Å². The smallest absolute Gasteiger partial charge is 0.268 e. The van der Waals surface area contributed by atoms with Crippen LogP contribution in [0.25, 0.3) is 5.69 Å². The topological polar surface area (TPSA) is 113 Å². The molecule has 10 heteroatoms. The van der Waals surface area contributed by atoms with Crippen LogP contribution in [0.5, 0.6) is 0 Å². The van der Waals surface area contributed by atoms with E-state index in [9.17, 15) is 4.79 Å². The first kappa shape index (κ1) is 20.0. The summed E-state index contributed by atoms with van der Waals surface area (Å²) in [6.45, 7) is 6.29. The van der Waals surface area contributed by atoms with E-state index in [2.05, 4.69) is 25.6 Å². The molecule has 0 aliphatic rings. The molecule has 0 fully saturated rings. The van der Waals surface area contributed by atoms with Gasteiger partial charge in [-0.05, 0) is 30.4 Å². The van der Waals surface area contributed by atoms with Gasteiger partial charge in [-0.1, -0.05) is 32.0 Å². The minimum absolute atomic E-state index is 0.0415. The summed E-state index contributed by atoms with van der Waals surface area (Å²) in [7, 11) is 1.83. The number of aryl methyl sites for hydroxylation is 1. The van der Waals surface area contributed by atoms with Gasteiger partial charge in [-0.15, -0.1) is 5.10 Å². The molecule has 0 atom stereocenters. The van der Waals surface area contributed by atoms with Gasteiger partial charge in [0.25, 0.3) is 5.91 Å². The van der Waals surface area contributed by atoms with Gasteiger partial charge in [0, 0.05) is 12.7 Å². The lowest BCUT2D eigenvalue weighted by Gasteiger charge is -2.27. The number of anilines is 1. The second-order valence-electron chi connectivity index (χ2n) is 7.02. The minimum Gasteiger partial charge on any atom is -0.268 e. The molecule has 0 saturated carbocycles. The summed E-state index contributed by atoms with van der Waals surface area (Å²) in [6, 6.07) is 11.3. The summed E-state index contributed by atoms with van der Waals surface area (Å²) in [4.78, 5) is 22.6. The van der Waals surface area contributed by atoms with Crippen molar-refractivity contribution in [2.45, 2.75) is 20.8 Å². The quantitative estimate of drug-likeness (QED) is 0.478. The van der Waals surface area contributed by atoms with Crippen LogP contribution in [0.2, 0.25) is 0 Å². The van der Waals surface area contributed by atoms with Gasteiger partial charge in [0.1, 0.15) is 19.7 Å². The van der Waals surface area contributed by atoms with Crippen molar-refractivity contribution in [3.8, 4) is 11.8 Å². The molecule has 1 amide bonds. The summed E-state index contributed by atoms with van der Waals surface area (Å²) in [5.41, 5.74) is 5.09. The molecule has 0 aliphatic carbocycles. The largest absolute Gasteiger partial charge is 0.292 e. The van der Waals surface area contributed by atoms with Crippen LogP contribution in [0.15, 0.2) is 36.5 Å². The Morgan fingerprint density at radius 1 is 1.31 bits per heavy atom. The monoisotopic (exact) mass is 388 g/mol. The zero-order valence-electron chi connectivity index (χ0n) is 16.8. The first-order valence-corrected chi connectivity index (χ1v) is 9.20. The average molecular weight is 388 g/mol. The Bertz CT molecular complexity index is 1060. The molecule has 3 aromatic rings. The number of carbonyl (C=O) groups is 1. The van der Waals surface area contributed by atoms with Gasteiger partial charge in [0.2, 0.25) is 5.82 Å². The third-order valence-corrected chi connectivity index (χ3v) is 4.07. The fraction of sp³-hybridized carbons (Fsp3) is 0.263. The van der Waals surface area contributed by atoms with E-state index < -0.39 is 5.91 Å². The van der Waals surface area contributed by atoms with Crippen LogP contribution in [-0.4, -0.2) is 45.3 Å². The molecule has 0 radical (unpaired) electrons. The van der Waals surface area contributed by atoms with E-state index in [1.54, 1.807) is 18.1 Å². The number of hydrogen-bond donors (Lipinski definition) is 1. The number of nitriles is 1. The summed E-state index contributed by atoms with van der Waals surface area (Å²) < 4.78 is 0. The van der Waals surface area contributed by atoms with Crippen LogP contribution in [-0.2, 0) is 0 Å². The lowest BCUT2D eigenvalue weighted by atomic mass is 9.98. The zero-order chi connectivity index (χ0) is 21.0. The number of benzene rings is 1. The van der Waals surface area contributed by atoms with E-state index in [4.69, 9.17) is 5.26 Å². The van der Waals surface area contributed by atoms with E-state index in [0.29, 0.717) is 18.1 Å². The molecule has 2 heterocycles. The van der Waals surface area contributed by atoms with E-state index in [-0.39, 0.29) is 17.4 Å². The third-order valence-electron chi connectivity index (χ3n) is 4.07. The molecule has 9 nitrogen and oxygen atoms in total. The van der Waals surface area contributed by atoms with Gasteiger partial charge >= 0.3 is 0 Å². The average Bonchev–Trinajstić information content (AvgIpc) is 3.10. The number of para-hydroxylation sites is 1. The van der Waals surface area contributed by atoms with Crippen LogP contribution >= 0.6 is 0 Å². The summed E-state index contributed by atoms with van der Waals surface area (Å²) in [6.07, 6.45) is 1.57. The molecule has 3 rings (SSSR count). The molecule has 0 saturated heterocycles. The summed E-state index contributed by atoms with van der Waals surface area (Å²) in [5.74, 6) is 0.352. The number of aromatic nitrogens is 5. The second kappa shape index (κ2) is 8.52. The van der Waals surface area contributed by atoms with E-state index in [1.807, 2.05) is 58.1 Å². The lowest BCUT2D eigenvalue weighted by Crippen LogP contribution is -2.47. The normalized spacial score (nSPS) is 10.6. The number of amides is 1. The minimum atomic E-state index is -0.401. The fourth-order valence-electron chi connectivity index (χ4n) is 2.75. The Labute approximate surface area is 169 Å². The van der Waals surface area contributed by atoms with Gasteiger partial charge in [-0.3, -0.25) is 15.2 Å². The highest BCUT2D eigenvalue weighted by atomic mass is 16.2. The Hall–Kier alpha value is -3.74. The number of nitrogens with zero attached hydrogens (tertiary/aromatic N) is 7. The molecule has 0 spiro atoms. The third kappa shape index (κ3) is 4.58. The maximum atomic E-state index is 13.0. The van der Waals surface area contributed by atoms with Crippen molar-refractivity contribution in [2.75, 3.05) is 11.6 Å². The fourth-order valence-corrected chi connectivity index (χ4v) is 2.75. The Kier molecular flexibility index (Phi) is 5.88. The van der Waals surface area contributed by atoms with Crippen molar-refractivity contribution in [3.05, 3.63) is 53.7 Å². The van der Waals surface area contributed by atoms with E-state index >= 15 is 0 Å². The van der Waals surface area contributed by atoms with E-state index in [0.717, 1.165) is 11.2 Å². The maximum Gasteiger partial charge on any atom is 0.292 e. The molecule has 146 valence electrons. The molecule has 0 bridgehead atoms. The number of rotatable bonds is 6. The van der Waals surface area contributed by atoms with Crippen LogP contribution < -0.4 is 15.9 Å². The molecule has 0 unspecified atom stereocenters. The number of nitrogens with one attached hydrogen (secondary N) is 1. The molecular formula is C19H21BN8O. The van der Waals surface area contributed by atoms with Crippen LogP contribution in [0.3, 0.4) is 0 Å². The highest BCUT2D eigenvalue weighted by molar-refractivity contribution is 6.35. The van der Waals surface area contributed by atoms with Crippen molar-refractivity contribution >= 4 is 25.0 Å². The Morgan fingerprint density at radius 2 is 2.03 bits per heavy atom. The van der Waals surface area contributed by atoms with Crippen molar-refractivity contribution in [1.82, 2.24) is 30.4 Å². The summed E-state index contributed by atoms with van der Waals surface area (Å²) in [5, 5.41) is 19.4. The number of carbonyl (C=O) groups excluding carboxylic acids is 1. The second-order valence-corrected chi connectivity index (χ2v) is 7.02. The molecule has 2 aromatic heterocycles. The summed E-state index contributed by atoms with van der Waals surface area (Å²) >= 11 is 0. The maximum absolute atomic E-state index is 13.0. The molecule has 29 heavy (non-hydrogen) atoms. The van der Waals surface area contributed by atoms with Crippen LogP contribution in [0, 0.1) is 24.2 Å². The Morgan fingerprint density at radius 3 is 2.69 bits per heavy atom. The highest BCUT2D eigenvalue weighted by Gasteiger charge is 2.21. The predicted molar refractivity (Wildman–Crippen MR) is 111 cm³/mol. The van der Waals surface area contributed by atoms with Gasteiger partial charge < -0.3 is 0 Å². The highest BCUT2D eigenvalue weighted by Crippen LogP contribution is 2.11. The molecule has 1 aromatic carbocycles. The van der Waals surface area contributed by atoms with Gasteiger partial charge in [-0.25, -0.2) is 9.97 Å². The van der Waals surface area contributed by atoms with E-state index in [1.165, 1.54) is 4.80 Å².